The summed E-state index contributed by atoms with van der Waals surface area (Å²) in [4.78, 5) is 21.6. The van der Waals surface area contributed by atoms with Crippen LogP contribution in [0.5, 0.6) is 0 Å². The molecule has 0 radical (unpaired) electrons. The first-order chi connectivity index (χ1) is 14.3. The molecule has 4 aromatic rings. The molecule has 5 rings (SSSR count). The summed E-state index contributed by atoms with van der Waals surface area (Å²) in [6, 6.07) is 24.4. The number of hydrogen-bond donors (Lipinski definition) is 0. The van der Waals surface area contributed by atoms with Gasteiger partial charge in [-0.2, -0.15) is 0 Å². The maximum atomic E-state index is 13.3. The first-order valence-electron chi connectivity index (χ1n) is 9.79. The van der Waals surface area contributed by atoms with Crippen LogP contribution in [0.2, 0.25) is 0 Å². The number of carbonyl (C=O) groups excluding carboxylic acids is 1. The lowest BCUT2D eigenvalue weighted by molar-refractivity contribution is 0.102. The van der Waals surface area contributed by atoms with Crippen molar-refractivity contribution in [3.05, 3.63) is 131 Å². The molecule has 2 aromatic carbocycles. The predicted octanol–water partition coefficient (Wildman–Crippen LogP) is 5.21. The molecule has 0 aliphatic heterocycles. The van der Waals surface area contributed by atoms with E-state index in [1.54, 1.807) is 0 Å². The van der Waals surface area contributed by atoms with Gasteiger partial charge in [-0.25, -0.2) is 0 Å². The SMILES string of the molecule is Cl.O=C1c2ccccc2C(Cc2ccncc2)(Cc2ccncc2)c2ccccc21. The largest absolute Gasteiger partial charge is 0.289 e. The second-order valence-electron chi connectivity index (χ2n) is 7.57. The summed E-state index contributed by atoms with van der Waals surface area (Å²) in [5.41, 5.74) is 5.85. The molecule has 1 aliphatic carbocycles. The Kier molecular flexibility index (Phi) is 5.47. The van der Waals surface area contributed by atoms with Gasteiger partial charge in [0, 0.05) is 41.3 Å². The highest BCUT2D eigenvalue weighted by atomic mass is 35.5. The summed E-state index contributed by atoms with van der Waals surface area (Å²) in [6.45, 7) is 0. The summed E-state index contributed by atoms with van der Waals surface area (Å²) >= 11 is 0. The summed E-state index contributed by atoms with van der Waals surface area (Å²) in [6.07, 6.45) is 8.92. The van der Waals surface area contributed by atoms with Crippen LogP contribution in [-0.2, 0) is 18.3 Å². The van der Waals surface area contributed by atoms with Crippen molar-refractivity contribution in [2.45, 2.75) is 18.3 Å². The smallest absolute Gasteiger partial charge is 0.193 e. The van der Waals surface area contributed by atoms with E-state index in [1.807, 2.05) is 61.2 Å². The molecule has 2 aromatic heterocycles. The van der Waals surface area contributed by atoms with Gasteiger partial charge in [-0.05, 0) is 59.4 Å². The molecule has 0 unspecified atom stereocenters. The molecule has 3 nitrogen and oxygen atoms in total. The summed E-state index contributed by atoms with van der Waals surface area (Å²) in [7, 11) is 0. The number of benzene rings is 2. The lowest BCUT2D eigenvalue weighted by Gasteiger charge is -2.41. The summed E-state index contributed by atoms with van der Waals surface area (Å²) in [5.74, 6) is 0.108. The third-order valence-electron chi connectivity index (χ3n) is 5.89. The first-order valence-corrected chi connectivity index (χ1v) is 9.79. The second-order valence-corrected chi connectivity index (χ2v) is 7.57. The van der Waals surface area contributed by atoms with Crippen LogP contribution in [0.15, 0.2) is 97.6 Å². The van der Waals surface area contributed by atoms with E-state index in [0.29, 0.717) is 0 Å². The van der Waals surface area contributed by atoms with Gasteiger partial charge in [0.15, 0.2) is 5.78 Å². The minimum absolute atomic E-state index is 0. The van der Waals surface area contributed by atoms with Gasteiger partial charge in [0.1, 0.15) is 0 Å². The van der Waals surface area contributed by atoms with Crippen molar-refractivity contribution in [1.29, 1.82) is 0 Å². The van der Waals surface area contributed by atoms with Crippen LogP contribution in [0.25, 0.3) is 0 Å². The number of hydrogen-bond acceptors (Lipinski definition) is 3. The molecule has 0 N–H and O–H groups in total. The minimum atomic E-state index is -0.343. The van der Waals surface area contributed by atoms with E-state index in [4.69, 9.17) is 0 Å². The quantitative estimate of drug-likeness (QED) is 0.462. The molecule has 148 valence electrons. The monoisotopic (exact) mass is 412 g/mol. The van der Waals surface area contributed by atoms with E-state index in [0.717, 1.165) is 35.1 Å². The Morgan fingerprint density at radius 1 is 0.600 bits per heavy atom. The third kappa shape index (κ3) is 3.31. The molecule has 2 heterocycles. The number of rotatable bonds is 4. The minimum Gasteiger partial charge on any atom is -0.289 e. The number of ketones is 1. The van der Waals surface area contributed by atoms with E-state index in [9.17, 15) is 4.79 Å². The van der Waals surface area contributed by atoms with Crippen molar-refractivity contribution in [1.82, 2.24) is 9.97 Å². The van der Waals surface area contributed by atoms with Crippen molar-refractivity contribution in [2.24, 2.45) is 0 Å². The zero-order chi connectivity index (χ0) is 19.7. The lowest BCUT2D eigenvalue weighted by Crippen LogP contribution is -2.39. The van der Waals surface area contributed by atoms with Gasteiger partial charge in [-0.1, -0.05) is 48.5 Å². The number of nitrogens with zero attached hydrogens (tertiary/aromatic N) is 2. The number of halogens is 1. The second kappa shape index (κ2) is 8.21. The molecular formula is C26H21ClN2O. The molecule has 4 heteroatoms. The number of aromatic nitrogens is 2. The van der Waals surface area contributed by atoms with Crippen molar-refractivity contribution in [2.75, 3.05) is 0 Å². The zero-order valence-electron chi connectivity index (χ0n) is 16.4. The van der Waals surface area contributed by atoms with Crippen LogP contribution in [-0.4, -0.2) is 15.8 Å². The van der Waals surface area contributed by atoms with E-state index in [1.165, 1.54) is 11.1 Å². The van der Waals surface area contributed by atoms with Crippen molar-refractivity contribution in [3.8, 4) is 0 Å². The Morgan fingerprint density at radius 2 is 1.00 bits per heavy atom. The maximum absolute atomic E-state index is 13.3. The molecule has 1 aliphatic rings. The van der Waals surface area contributed by atoms with Gasteiger partial charge in [-0.3, -0.25) is 14.8 Å². The predicted molar refractivity (Wildman–Crippen MR) is 120 cm³/mol. The van der Waals surface area contributed by atoms with E-state index in [-0.39, 0.29) is 23.6 Å². The van der Waals surface area contributed by atoms with Gasteiger partial charge < -0.3 is 0 Å². The lowest BCUT2D eigenvalue weighted by atomic mass is 9.61. The molecule has 0 atom stereocenters. The van der Waals surface area contributed by atoms with Gasteiger partial charge in [0.05, 0.1) is 0 Å². The van der Waals surface area contributed by atoms with Crippen molar-refractivity contribution < 1.29 is 4.79 Å². The molecule has 0 bridgehead atoms. The van der Waals surface area contributed by atoms with Crippen molar-refractivity contribution in [3.63, 3.8) is 0 Å². The van der Waals surface area contributed by atoms with E-state index in [2.05, 4.69) is 46.4 Å². The van der Waals surface area contributed by atoms with Gasteiger partial charge >= 0.3 is 0 Å². The normalized spacial score (nSPS) is 13.7. The van der Waals surface area contributed by atoms with Gasteiger partial charge in [0.2, 0.25) is 0 Å². The molecule has 0 saturated heterocycles. The Balaban J connectivity index is 0.00000218. The van der Waals surface area contributed by atoms with E-state index < -0.39 is 0 Å². The Morgan fingerprint density at radius 3 is 1.43 bits per heavy atom. The molecule has 30 heavy (non-hydrogen) atoms. The Labute approximate surface area is 182 Å². The fourth-order valence-corrected chi connectivity index (χ4v) is 4.63. The molecule has 0 spiro atoms. The Bertz CT molecular complexity index is 1080. The number of fused-ring (bicyclic) bond motifs is 2. The van der Waals surface area contributed by atoms with Crippen molar-refractivity contribution >= 4 is 18.2 Å². The van der Waals surface area contributed by atoms with Crippen LogP contribution in [0.3, 0.4) is 0 Å². The van der Waals surface area contributed by atoms with Crippen LogP contribution in [0.4, 0.5) is 0 Å². The number of carbonyl (C=O) groups is 1. The third-order valence-corrected chi connectivity index (χ3v) is 5.89. The molecular weight excluding hydrogens is 392 g/mol. The fraction of sp³-hybridized carbons (Fsp3) is 0.115. The Hall–Kier alpha value is -3.30. The van der Waals surface area contributed by atoms with Gasteiger partial charge in [-0.15, -0.1) is 12.4 Å². The molecule has 0 fully saturated rings. The van der Waals surface area contributed by atoms with E-state index >= 15 is 0 Å². The summed E-state index contributed by atoms with van der Waals surface area (Å²) < 4.78 is 0. The average molecular weight is 413 g/mol. The molecule has 0 amide bonds. The highest BCUT2D eigenvalue weighted by Gasteiger charge is 2.43. The highest BCUT2D eigenvalue weighted by Crippen LogP contribution is 2.46. The number of pyridine rings is 2. The highest BCUT2D eigenvalue weighted by molar-refractivity contribution is 6.13. The average Bonchev–Trinajstić information content (AvgIpc) is 2.79. The topological polar surface area (TPSA) is 42.9 Å². The standard InChI is InChI=1S/C26H20N2O.ClH/c29-25-21-5-1-3-7-23(21)26(17-19-9-13-27-14-10-19,18-20-11-15-28-16-12-20)24-8-4-2-6-22(24)25;/h1-16H,17-18H2;1H. The zero-order valence-corrected chi connectivity index (χ0v) is 17.2. The van der Waals surface area contributed by atoms with Crippen LogP contribution < -0.4 is 0 Å². The first kappa shape index (κ1) is 20.0. The molecule has 0 saturated carbocycles. The maximum Gasteiger partial charge on any atom is 0.193 e. The summed E-state index contributed by atoms with van der Waals surface area (Å²) in [5, 5.41) is 0. The van der Waals surface area contributed by atoms with Crippen LogP contribution in [0.1, 0.15) is 38.2 Å². The van der Waals surface area contributed by atoms with Crippen LogP contribution >= 0.6 is 12.4 Å². The fourth-order valence-electron chi connectivity index (χ4n) is 4.63. The van der Waals surface area contributed by atoms with Gasteiger partial charge in [0.25, 0.3) is 0 Å². The van der Waals surface area contributed by atoms with Crippen LogP contribution in [0, 0.1) is 0 Å².